The van der Waals surface area contributed by atoms with Gasteiger partial charge < -0.3 is 9.47 Å². The number of allylic oxidation sites excluding steroid dienone is 1. The van der Waals surface area contributed by atoms with Crippen molar-refractivity contribution in [1.82, 2.24) is 19.7 Å². The van der Waals surface area contributed by atoms with E-state index in [0.717, 1.165) is 35.6 Å². The summed E-state index contributed by atoms with van der Waals surface area (Å²) in [5, 5.41) is 8.52. The lowest BCUT2D eigenvalue weighted by Crippen LogP contribution is -2.42. The van der Waals surface area contributed by atoms with Crippen LogP contribution in [-0.4, -0.2) is 37.9 Å². The molecule has 1 aromatic heterocycles. The van der Waals surface area contributed by atoms with Crippen LogP contribution in [0.2, 0.25) is 0 Å². The molecular formula is C23H28N4O2. The molecule has 2 aromatic rings. The van der Waals surface area contributed by atoms with E-state index in [1.54, 1.807) is 0 Å². The van der Waals surface area contributed by atoms with Gasteiger partial charge in [0, 0.05) is 18.5 Å². The molecule has 0 fully saturated rings. The fraction of sp³-hybridized carbons (Fsp3) is 0.478. The summed E-state index contributed by atoms with van der Waals surface area (Å²) in [7, 11) is 0. The highest BCUT2D eigenvalue weighted by Gasteiger charge is 2.33. The molecule has 1 atom stereocenters. The zero-order valence-electron chi connectivity index (χ0n) is 17.4. The van der Waals surface area contributed by atoms with Gasteiger partial charge in [-0.05, 0) is 36.8 Å². The maximum Gasteiger partial charge on any atom is 0.227 e. The van der Waals surface area contributed by atoms with Crippen molar-refractivity contribution < 1.29 is 9.59 Å². The van der Waals surface area contributed by atoms with Crippen molar-refractivity contribution in [2.24, 2.45) is 5.92 Å². The van der Waals surface area contributed by atoms with E-state index in [-0.39, 0.29) is 24.2 Å². The second kappa shape index (κ2) is 7.93. The number of carbonyl (C=O) groups is 2. The SMILES string of the molecule is Cc1nnc2n1[C@@H](CC(C)C)CN(C(=O)CC1=C(c3ccccc3)CCC1=O)C2. The van der Waals surface area contributed by atoms with Crippen LogP contribution in [0.3, 0.4) is 0 Å². The zero-order chi connectivity index (χ0) is 20.5. The molecule has 4 rings (SSSR count). The lowest BCUT2D eigenvalue weighted by molar-refractivity contribution is -0.133. The van der Waals surface area contributed by atoms with Crippen molar-refractivity contribution in [2.45, 2.75) is 59.0 Å². The number of hydrogen-bond donors (Lipinski definition) is 0. The van der Waals surface area contributed by atoms with E-state index in [4.69, 9.17) is 0 Å². The minimum Gasteiger partial charge on any atom is -0.333 e. The minimum absolute atomic E-state index is 0.00402. The van der Waals surface area contributed by atoms with Gasteiger partial charge in [0.05, 0.1) is 19.0 Å². The topological polar surface area (TPSA) is 68.1 Å². The first-order valence-corrected chi connectivity index (χ1v) is 10.4. The van der Waals surface area contributed by atoms with E-state index < -0.39 is 0 Å². The van der Waals surface area contributed by atoms with Gasteiger partial charge in [-0.3, -0.25) is 9.59 Å². The van der Waals surface area contributed by atoms with Crippen molar-refractivity contribution in [1.29, 1.82) is 0 Å². The maximum atomic E-state index is 13.2. The first kappa shape index (κ1) is 19.6. The number of nitrogens with zero attached hydrogens (tertiary/aromatic N) is 4. The largest absolute Gasteiger partial charge is 0.333 e. The molecule has 0 saturated carbocycles. The summed E-state index contributed by atoms with van der Waals surface area (Å²) >= 11 is 0. The highest BCUT2D eigenvalue weighted by molar-refractivity contribution is 6.10. The van der Waals surface area contributed by atoms with E-state index >= 15 is 0 Å². The van der Waals surface area contributed by atoms with Crippen molar-refractivity contribution >= 4 is 17.3 Å². The van der Waals surface area contributed by atoms with Crippen LogP contribution in [0.15, 0.2) is 35.9 Å². The van der Waals surface area contributed by atoms with Gasteiger partial charge in [0.25, 0.3) is 0 Å². The Bertz CT molecular complexity index is 959. The molecule has 2 aliphatic rings. The number of amides is 1. The molecule has 1 aromatic carbocycles. The van der Waals surface area contributed by atoms with Gasteiger partial charge in [-0.2, -0.15) is 0 Å². The van der Waals surface area contributed by atoms with Crippen LogP contribution in [0.5, 0.6) is 0 Å². The second-order valence-electron chi connectivity index (χ2n) is 8.51. The smallest absolute Gasteiger partial charge is 0.227 e. The highest BCUT2D eigenvalue weighted by atomic mass is 16.2. The average Bonchev–Trinajstić information content (AvgIpc) is 3.25. The molecule has 2 heterocycles. The Balaban J connectivity index is 1.57. The average molecular weight is 393 g/mol. The monoisotopic (exact) mass is 392 g/mol. The number of hydrogen-bond acceptors (Lipinski definition) is 4. The molecule has 29 heavy (non-hydrogen) atoms. The Labute approximate surface area is 171 Å². The number of Topliss-reactive ketones (excluding diaryl/α,β-unsaturated/α-hetero) is 1. The van der Waals surface area contributed by atoms with Gasteiger partial charge in [0.15, 0.2) is 11.6 Å². The molecule has 6 heteroatoms. The number of aryl methyl sites for hydroxylation is 1. The molecule has 0 N–H and O–H groups in total. The molecule has 0 bridgehead atoms. The Hall–Kier alpha value is -2.76. The number of rotatable bonds is 5. The molecule has 0 unspecified atom stereocenters. The Morgan fingerprint density at radius 3 is 2.66 bits per heavy atom. The summed E-state index contributed by atoms with van der Waals surface area (Å²) in [6.07, 6.45) is 2.35. The number of benzene rings is 1. The van der Waals surface area contributed by atoms with Crippen LogP contribution >= 0.6 is 0 Å². The van der Waals surface area contributed by atoms with Crippen molar-refractivity contribution in [2.75, 3.05) is 6.54 Å². The molecule has 1 amide bonds. The number of ketones is 1. The van der Waals surface area contributed by atoms with Crippen molar-refractivity contribution in [3.05, 3.63) is 53.1 Å². The van der Waals surface area contributed by atoms with Crippen LogP contribution in [0, 0.1) is 12.8 Å². The molecule has 152 valence electrons. The first-order valence-electron chi connectivity index (χ1n) is 10.4. The molecule has 1 aliphatic heterocycles. The van der Waals surface area contributed by atoms with E-state index in [2.05, 4.69) is 28.6 Å². The van der Waals surface area contributed by atoms with E-state index in [1.807, 2.05) is 42.2 Å². The lowest BCUT2D eigenvalue weighted by atomic mass is 9.98. The van der Waals surface area contributed by atoms with Crippen LogP contribution in [0.1, 0.15) is 62.8 Å². The summed E-state index contributed by atoms with van der Waals surface area (Å²) in [6, 6.07) is 10.1. The van der Waals surface area contributed by atoms with E-state index in [9.17, 15) is 9.59 Å². The molecule has 0 radical (unpaired) electrons. The fourth-order valence-corrected chi connectivity index (χ4v) is 4.62. The summed E-state index contributed by atoms with van der Waals surface area (Å²) in [5.41, 5.74) is 2.76. The summed E-state index contributed by atoms with van der Waals surface area (Å²) in [4.78, 5) is 27.6. The molecule has 6 nitrogen and oxygen atoms in total. The maximum absolute atomic E-state index is 13.2. The van der Waals surface area contributed by atoms with Gasteiger partial charge in [-0.15, -0.1) is 10.2 Å². The minimum atomic E-state index is 0.00402. The molecule has 0 saturated heterocycles. The zero-order valence-corrected chi connectivity index (χ0v) is 17.4. The predicted molar refractivity (Wildman–Crippen MR) is 111 cm³/mol. The predicted octanol–water partition coefficient (Wildman–Crippen LogP) is 3.72. The van der Waals surface area contributed by atoms with E-state index in [1.165, 1.54) is 0 Å². The lowest BCUT2D eigenvalue weighted by Gasteiger charge is -2.35. The van der Waals surface area contributed by atoms with Crippen molar-refractivity contribution in [3.8, 4) is 0 Å². The van der Waals surface area contributed by atoms with E-state index in [0.29, 0.717) is 31.0 Å². The Kier molecular flexibility index (Phi) is 5.35. The van der Waals surface area contributed by atoms with Crippen LogP contribution in [0.4, 0.5) is 0 Å². The quantitative estimate of drug-likeness (QED) is 0.778. The van der Waals surface area contributed by atoms with Crippen LogP contribution in [0.25, 0.3) is 5.57 Å². The van der Waals surface area contributed by atoms with Gasteiger partial charge in [-0.1, -0.05) is 44.2 Å². The molecular weight excluding hydrogens is 364 g/mol. The number of aromatic nitrogens is 3. The van der Waals surface area contributed by atoms with Crippen LogP contribution < -0.4 is 0 Å². The van der Waals surface area contributed by atoms with Crippen molar-refractivity contribution in [3.63, 3.8) is 0 Å². The Morgan fingerprint density at radius 1 is 1.17 bits per heavy atom. The van der Waals surface area contributed by atoms with Crippen LogP contribution in [-0.2, 0) is 16.1 Å². The highest BCUT2D eigenvalue weighted by Crippen LogP contribution is 2.34. The fourth-order valence-electron chi connectivity index (χ4n) is 4.62. The third-order valence-electron chi connectivity index (χ3n) is 5.91. The third kappa shape index (κ3) is 3.88. The normalized spacial score (nSPS) is 19.2. The number of carbonyl (C=O) groups excluding carboxylic acids is 2. The van der Waals surface area contributed by atoms with Gasteiger partial charge in [0.1, 0.15) is 5.82 Å². The third-order valence-corrected chi connectivity index (χ3v) is 5.91. The standard InChI is InChI=1S/C23H28N4O2/c1-15(2)11-18-13-26(14-22-25-24-16(3)27(18)22)23(29)12-20-19(9-10-21(20)28)17-7-5-4-6-8-17/h4-8,15,18H,9-14H2,1-3H3/t18-/m0/s1. The van der Waals surface area contributed by atoms with Gasteiger partial charge >= 0.3 is 0 Å². The summed E-state index contributed by atoms with van der Waals surface area (Å²) < 4.78 is 2.18. The second-order valence-corrected chi connectivity index (χ2v) is 8.51. The summed E-state index contributed by atoms with van der Waals surface area (Å²) in [5.74, 6) is 2.35. The Morgan fingerprint density at radius 2 is 1.93 bits per heavy atom. The first-order chi connectivity index (χ1) is 13.9. The molecule has 1 aliphatic carbocycles. The summed E-state index contributed by atoms with van der Waals surface area (Å²) in [6.45, 7) is 7.44. The van der Waals surface area contributed by atoms with Gasteiger partial charge in [0.2, 0.25) is 5.91 Å². The number of fused-ring (bicyclic) bond motifs is 1. The van der Waals surface area contributed by atoms with Gasteiger partial charge in [-0.25, -0.2) is 0 Å². The molecule has 0 spiro atoms.